The molecule has 0 rings (SSSR count). The Morgan fingerprint density at radius 3 is 2.12 bits per heavy atom. The van der Waals surface area contributed by atoms with Crippen molar-refractivity contribution in [3.8, 4) is 0 Å². The van der Waals surface area contributed by atoms with Crippen LogP contribution in [0.25, 0.3) is 0 Å². The molecule has 16 heavy (non-hydrogen) atoms. The first-order valence-corrected chi connectivity index (χ1v) is 6.52. The fourth-order valence-corrected chi connectivity index (χ4v) is 1.91. The molecule has 0 fully saturated rings. The molecule has 0 aromatic carbocycles. The van der Waals surface area contributed by atoms with Gasteiger partial charge in [0.15, 0.2) is 0 Å². The highest BCUT2D eigenvalue weighted by molar-refractivity contribution is 4.80. The number of nitrogens with one attached hydrogen (secondary N) is 1. The number of nitrogens with zero attached hydrogens (tertiary/aromatic N) is 1. The molecule has 1 unspecified atom stereocenters. The Balaban J connectivity index is 3.93. The van der Waals surface area contributed by atoms with Gasteiger partial charge in [-0.15, -0.1) is 0 Å². The quantitative estimate of drug-likeness (QED) is 0.666. The number of aliphatic hydroxyl groups excluding tert-OH is 1. The Morgan fingerprint density at radius 2 is 1.75 bits per heavy atom. The first kappa shape index (κ1) is 15.9. The molecule has 1 atom stereocenters. The van der Waals surface area contributed by atoms with Gasteiger partial charge in [0.1, 0.15) is 0 Å². The van der Waals surface area contributed by atoms with E-state index in [4.69, 9.17) is 5.11 Å². The summed E-state index contributed by atoms with van der Waals surface area (Å²) in [5.41, 5.74) is 0.214. The highest BCUT2D eigenvalue weighted by Crippen LogP contribution is 2.21. The van der Waals surface area contributed by atoms with Crippen molar-refractivity contribution in [1.82, 2.24) is 10.2 Å². The van der Waals surface area contributed by atoms with Gasteiger partial charge in [0.2, 0.25) is 0 Å². The van der Waals surface area contributed by atoms with Crippen LogP contribution in [-0.4, -0.2) is 48.8 Å². The molecule has 0 spiro atoms. The molecule has 2 N–H and O–H groups in total. The lowest BCUT2D eigenvalue weighted by molar-refractivity contribution is 0.190. The van der Waals surface area contributed by atoms with Gasteiger partial charge in [-0.3, -0.25) is 0 Å². The van der Waals surface area contributed by atoms with Crippen LogP contribution in [0.15, 0.2) is 0 Å². The lowest BCUT2D eigenvalue weighted by atomic mass is 9.85. The van der Waals surface area contributed by atoms with Gasteiger partial charge in [-0.2, -0.15) is 0 Å². The summed E-state index contributed by atoms with van der Waals surface area (Å²) in [6, 6.07) is 0.396. The van der Waals surface area contributed by atoms with E-state index in [9.17, 15) is 0 Å². The molecule has 0 heterocycles. The summed E-state index contributed by atoms with van der Waals surface area (Å²) in [4.78, 5) is 2.41. The predicted octanol–water partition coefficient (Wildman–Crippen LogP) is 1.71. The second kappa shape index (κ2) is 8.04. The van der Waals surface area contributed by atoms with Crippen LogP contribution in [0.1, 0.15) is 41.0 Å². The third-order valence-electron chi connectivity index (χ3n) is 3.18. The van der Waals surface area contributed by atoms with Gasteiger partial charge in [-0.25, -0.2) is 0 Å². The molecule has 0 aliphatic rings. The standard InChI is InChI=1S/C13H30N2O/c1-6-15(7-2)10-9-14-12(8-11-16)13(3,4)5/h12,14,16H,6-11H2,1-5H3. The number of likely N-dealkylation sites (N-methyl/N-ethyl adjacent to an activating group) is 1. The van der Waals surface area contributed by atoms with E-state index in [1.165, 1.54) is 0 Å². The maximum atomic E-state index is 9.05. The Kier molecular flexibility index (Phi) is 7.98. The normalized spacial score (nSPS) is 14.4. The molecule has 0 saturated heterocycles. The number of aliphatic hydroxyl groups is 1. The fraction of sp³-hybridized carbons (Fsp3) is 1.00. The van der Waals surface area contributed by atoms with Gasteiger partial charge in [-0.1, -0.05) is 34.6 Å². The predicted molar refractivity (Wildman–Crippen MR) is 70.7 cm³/mol. The second-order valence-corrected chi connectivity index (χ2v) is 5.41. The molecule has 0 aromatic rings. The lowest BCUT2D eigenvalue weighted by Crippen LogP contribution is -2.44. The molecule has 3 nitrogen and oxygen atoms in total. The number of hydrogen-bond donors (Lipinski definition) is 2. The Labute approximate surface area is 101 Å². The van der Waals surface area contributed by atoms with Crippen molar-refractivity contribution < 1.29 is 5.11 Å². The molecule has 0 saturated carbocycles. The van der Waals surface area contributed by atoms with Crippen LogP contribution in [0, 0.1) is 5.41 Å². The highest BCUT2D eigenvalue weighted by Gasteiger charge is 2.23. The third kappa shape index (κ3) is 6.46. The fourth-order valence-electron chi connectivity index (χ4n) is 1.91. The lowest BCUT2D eigenvalue weighted by Gasteiger charge is -2.32. The summed E-state index contributed by atoms with van der Waals surface area (Å²) >= 11 is 0. The van der Waals surface area contributed by atoms with Gasteiger partial charge in [-0.05, 0) is 24.9 Å². The summed E-state index contributed by atoms with van der Waals surface area (Å²) in [6.45, 7) is 15.6. The Morgan fingerprint density at radius 1 is 1.19 bits per heavy atom. The van der Waals surface area contributed by atoms with Gasteiger partial charge in [0.25, 0.3) is 0 Å². The molecule has 3 heteroatoms. The van der Waals surface area contributed by atoms with E-state index in [-0.39, 0.29) is 12.0 Å². The average molecular weight is 230 g/mol. The summed E-state index contributed by atoms with van der Waals surface area (Å²) in [5.74, 6) is 0. The van der Waals surface area contributed by atoms with Gasteiger partial charge < -0.3 is 15.3 Å². The summed E-state index contributed by atoms with van der Waals surface area (Å²) < 4.78 is 0. The van der Waals surface area contributed by atoms with E-state index < -0.39 is 0 Å². The largest absolute Gasteiger partial charge is 0.396 e. The van der Waals surface area contributed by atoms with Crippen LogP contribution >= 0.6 is 0 Å². The van der Waals surface area contributed by atoms with E-state index in [0.29, 0.717) is 6.04 Å². The maximum absolute atomic E-state index is 9.05. The zero-order valence-electron chi connectivity index (χ0n) is 11.7. The van der Waals surface area contributed by atoms with Crippen molar-refractivity contribution in [3.63, 3.8) is 0 Å². The average Bonchev–Trinajstić information content (AvgIpc) is 2.21. The summed E-state index contributed by atoms with van der Waals surface area (Å²) in [5, 5.41) is 12.6. The minimum absolute atomic E-state index is 0.214. The van der Waals surface area contributed by atoms with Crippen molar-refractivity contribution in [2.24, 2.45) is 5.41 Å². The molecule has 0 radical (unpaired) electrons. The second-order valence-electron chi connectivity index (χ2n) is 5.41. The van der Waals surface area contributed by atoms with E-state index >= 15 is 0 Å². The Bertz CT molecular complexity index is 162. The molecular formula is C13H30N2O. The van der Waals surface area contributed by atoms with Crippen LogP contribution in [0.3, 0.4) is 0 Å². The van der Waals surface area contributed by atoms with Crippen molar-refractivity contribution in [2.45, 2.75) is 47.1 Å². The molecule has 0 aliphatic heterocycles. The molecule has 0 bridgehead atoms. The van der Waals surface area contributed by atoms with Crippen LogP contribution in [-0.2, 0) is 0 Å². The van der Waals surface area contributed by atoms with Crippen molar-refractivity contribution in [1.29, 1.82) is 0 Å². The third-order valence-corrected chi connectivity index (χ3v) is 3.18. The maximum Gasteiger partial charge on any atom is 0.0446 e. The minimum atomic E-state index is 0.214. The van der Waals surface area contributed by atoms with Crippen molar-refractivity contribution in [2.75, 3.05) is 32.8 Å². The topological polar surface area (TPSA) is 35.5 Å². The van der Waals surface area contributed by atoms with E-state index in [2.05, 4.69) is 44.8 Å². The van der Waals surface area contributed by atoms with Crippen molar-refractivity contribution >= 4 is 0 Å². The number of hydrogen-bond acceptors (Lipinski definition) is 3. The molecule has 98 valence electrons. The number of rotatable bonds is 8. The SMILES string of the molecule is CCN(CC)CCNC(CCO)C(C)(C)C. The van der Waals surface area contributed by atoms with Gasteiger partial charge in [0, 0.05) is 25.7 Å². The van der Waals surface area contributed by atoms with E-state index in [1.807, 2.05) is 0 Å². The van der Waals surface area contributed by atoms with Crippen molar-refractivity contribution in [3.05, 3.63) is 0 Å². The zero-order chi connectivity index (χ0) is 12.6. The Hall–Kier alpha value is -0.120. The van der Waals surface area contributed by atoms with E-state index in [1.54, 1.807) is 0 Å². The smallest absolute Gasteiger partial charge is 0.0446 e. The van der Waals surface area contributed by atoms with E-state index in [0.717, 1.165) is 32.6 Å². The summed E-state index contributed by atoms with van der Waals surface area (Å²) in [7, 11) is 0. The molecule has 0 aliphatic carbocycles. The van der Waals surface area contributed by atoms with Crippen LogP contribution < -0.4 is 5.32 Å². The summed E-state index contributed by atoms with van der Waals surface area (Å²) in [6.07, 6.45) is 0.835. The van der Waals surface area contributed by atoms with Crippen LogP contribution in [0.5, 0.6) is 0 Å². The van der Waals surface area contributed by atoms with Gasteiger partial charge >= 0.3 is 0 Å². The minimum Gasteiger partial charge on any atom is -0.396 e. The van der Waals surface area contributed by atoms with Crippen LogP contribution in [0.4, 0.5) is 0 Å². The molecule has 0 aromatic heterocycles. The zero-order valence-corrected chi connectivity index (χ0v) is 11.7. The van der Waals surface area contributed by atoms with Gasteiger partial charge in [0.05, 0.1) is 0 Å². The monoisotopic (exact) mass is 230 g/mol. The molecular weight excluding hydrogens is 200 g/mol. The first-order chi connectivity index (χ1) is 7.45. The highest BCUT2D eigenvalue weighted by atomic mass is 16.3. The van der Waals surface area contributed by atoms with Crippen LogP contribution in [0.2, 0.25) is 0 Å². The molecule has 0 amide bonds. The first-order valence-electron chi connectivity index (χ1n) is 6.52.